The molecule has 0 atom stereocenters. The molecule has 1 amide bonds. The third-order valence-electron chi connectivity index (χ3n) is 4.73. The Labute approximate surface area is 178 Å². The number of nitrogens with one attached hydrogen (secondary N) is 2. The molecule has 0 aliphatic carbocycles. The van der Waals surface area contributed by atoms with Crippen molar-refractivity contribution in [2.75, 3.05) is 19.4 Å². The van der Waals surface area contributed by atoms with Gasteiger partial charge in [0, 0.05) is 30.9 Å². The monoisotopic (exact) mass is 438 g/mol. The number of aromatic nitrogens is 2. The second kappa shape index (κ2) is 7.93. The summed E-state index contributed by atoms with van der Waals surface area (Å²) >= 11 is 0. The predicted molar refractivity (Wildman–Crippen MR) is 117 cm³/mol. The fraction of sp³-hybridized carbons (Fsp3) is 0.0909. The van der Waals surface area contributed by atoms with Gasteiger partial charge in [-0.3, -0.25) is 4.79 Å². The van der Waals surface area contributed by atoms with Gasteiger partial charge in [0.15, 0.2) is 0 Å². The number of hydrogen-bond donors (Lipinski definition) is 2. The number of hydrogen-bond acceptors (Lipinski definition) is 4. The van der Waals surface area contributed by atoms with E-state index >= 15 is 0 Å². The first-order valence-corrected chi connectivity index (χ1v) is 10.8. The normalized spacial score (nSPS) is 11.7. The molecule has 7 nitrogen and oxygen atoms in total. The highest BCUT2D eigenvalue weighted by atomic mass is 32.2. The molecule has 2 N–H and O–H groups in total. The van der Waals surface area contributed by atoms with Crippen LogP contribution in [0.25, 0.3) is 22.4 Å². The molecule has 0 unspecified atom stereocenters. The van der Waals surface area contributed by atoms with E-state index in [9.17, 15) is 17.6 Å². The van der Waals surface area contributed by atoms with Crippen molar-refractivity contribution in [3.05, 3.63) is 78.1 Å². The number of amides is 1. The zero-order chi connectivity index (χ0) is 22.2. The van der Waals surface area contributed by atoms with Crippen molar-refractivity contribution in [1.29, 1.82) is 0 Å². The van der Waals surface area contributed by atoms with Gasteiger partial charge in [0.2, 0.25) is 10.0 Å². The Morgan fingerprint density at radius 1 is 1.03 bits per heavy atom. The summed E-state index contributed by atoms with van der Waals surface area (Å²) < 4.78 is 39.0. The third kappa shape index (κ3) is 4.18. The molecular formula is C22H19FN4O3S. The van der Waals surface area contributed by atoms with Gasteiger partial charge in [0.05, 0.1) is 15.9 Å². The van der Waals surface area contributed by atoms with E-state index in [4.69, 9.17) is 0 Å². The lowest BCUT2D eigenvalue weighted by Crippen LogP contribution is -2.22. The summed E-state index contributed by atoms with van der Waals surface area (Å²) in [5, 5.41) is 2.75. The molecule has 31 heavy (non-hydrogen) atoms. The molecule has 0 aliphatic heterocycles. The van der Waals surface area contributed by atoms with Crippen LogP contribution in [0.3, 0.4) is 0 Å². The summed E-state index contributed by atoms with van der Waals surface area (Å²) in [5.41, 5.74) is 2.79. The standard InChI is InChI=1S/C22H19FN4O3S/c1-27(2)31(29,30)18-5-3-4-15(12-18)22(28)24-17-9-6-14(7-10-17)21-25-19-11-8-16(23)13-20(19)26-21/h3-13H,1-2H3,(H,24,28)(H,25,26). The highest BCUT2D eigenvalue weighted by molar-refractivity contribution is 7.89. The van der Waals surface area contributed by atoms with Crippen LogP contribution in [0.4, 0.5) is 10.1 Å². The van der Waals surface area contributed by atoms with Crippen LogP contribution in [-0.2, 0) is 10.0 Å². The fourth-order valence-electron chi connectivity index (χ4n) is 3.04. The number of carbonyl (C=O) groups excluding carboxylic acids is 1. The number of benzene rings is 3. The summed E-state index contributed by atoms with van der Waals surface area (Å²) in [6.07, 6.45) is 0. The minimum absolute atomic E-state index is 0.0434. The topological polar surface area (TPSA) is 95.2 Å². The summed E-state index contributed by atoms with van der Waals surface area (Å²) in [4.78, 5) is 20.1. The van der Waals surface area contributed by atoms with Gasteiger partial charge in [-0.05, 0) is 60.7 Å². The second-order valence-electron chi connectivity index (χ2n) is 7.09. The predicted octanol–water partition coefficient (Wildman–Crippen LogP) is 3.87. The lowest BCUT2D eigenvalue weighted by Gasteiger charge is -2.12. The second-order valence-corrected chi connectivity index (χ2v) is 9.25. The minimum atomic E-state index is -3.64. The molecule has 0 radical (unpaired) electrons. The zero-order valence-corrected chi connectivity index (χ0v) is 17.6. The molecule has 4 rings (SSSR count). The zero-order valence-electron chi connectivity index (χ0n) is 16.8. The van der Waals surface area contributed by atoms with Crippen molar-refractivity contribution in [3.8, 4) is 11.4 Å². The summed E-state index contributed by atoms with van der Waals surface area (Å²) in [6.45, 7) is 0. The smallest absolute Gasteiger partial charge is 0.255 e. The van der Waals surface area contributed by atoms with Crippen LogP contribution in [-0.4, -0.2) is 42.7 Å². The van der Waals surface area contributed by atoms with Crippen LogP contribution in [0.1, 0.15) is 10.4 Å². The molecule has 0 fully saturated rings. The number of aromatic amines is 1. The van der Waals surface area contributed by atoms with E-state index < -0.39 is 15.9 Å². The van der Waals surface area contributed by atoms with Gasteiger partial charge in [-0.25, -0.2) is 22.1 Å². The van der Waals surface area contributed by atoms with Crippen molar-refractivity contribution in [1.82, 2.24) is 14.3 Å². The molecule has 4 aromatic rings. The molecule has 158 valence electrons. The van der Waals surface area contributed by atoms with E-state index in [1.54, 1.807) is 36.4 Å². The van der Waals surface area contributed by atoms with Gasteiger partial charge in [-0.2, -0.15) is 0 Å². The average molecular weight is 438 g/mol. The lowest BCUT2D eigenvalue weighted by atomic mass is 10.1. The van der Waals surface area contributed by atoms with Crippen molar-refractivity contribution in [2.45, 2.75) is 4.90 Å². The Morgan fingerprint density at radius 2 is 1.77 bits per heavy atom. The molecule has 0 bridgehead atoms. The van der Waals surface area contributed by atoms with E-state index in [1.807, 2.05) is 0 Å². The van der Waals surface area contributed by atoms with Crippen molar-refractivity contribution >= 4 is 32.7 Å². The number of sulfonamides is 1. The number of imidazole rings is 1. The summed E-state index contributed by atoms with van der Waals surface area (Å²) in [6, 6.07) is 17.2. The first-order chi connectivity index (χ1) is 14.7. The Kier molecular flexibility index (Phi) is 5.30. The quantitative estimate of drug-likeness (QED) is 0.494. The van der Waals surface area contributed by atoms with Crippen LogP contribution in [0, 0.1) is 5.82 Å². The van der Waals surface area contributed by atoms with Crippen LogP contribution < -0.4 is 5.32 Å². The maximum atomic E-state index is 13.4. The molecular weight excluding hydrogens is 419 g/mol. The maximum Gasteiger partial charge on any atom is 0.255 e. The molecule has 0 saturated carbocycles. The van der Waals surface area contributed by atoms with E-state index in [0.29, 0.717) is 22.5 Å². The van der Waals surface area contributed by atoms with E-state index in [1.165, 1.54) is 44.4 Å². The molecule has 0 saturated heterocycles. The molecule has 0 aliphatic rings. The van der Waals surface area contributed by atoms with Crippen LogP contribution in [0.2, 0.25) is 0 Å². The molecule has 1 heterocycles. The SMILES string of the molecule is CN(C)S(=O)(=O)c1cccc(C(=O)Nc2ccc(-c3nc4ccc(F)cc4[nH]3)cc2)c1. The van der Waals surface area contributed by atoms with Gasteiger partial charge < -0.3 is 10.3 Å². The van der Waals surface area contributed by atoms with Crippen molar-refractivity contribution in [3.63, 3.8) is 0 Å². The molecule has 1 aromatic heterocycles. The number of H-pyrrole nitrogens is 1. The van der Waals surface area contributed by atoms with Crippen LogP contribution in [0.5, 0.6) is 0 Å². The van der Waals surface area contributed by atoms with Crippen molar-refractivity contribution < 1.29 is 17.6 Å². The Bertz CT molecular complexity index is 1380. The highest BCUT2D eigenvalue weighted by Crippen LogP contribution is 2.23. The average Bonchev–Trinajstić information content (AvgIpc) is 3.17. The number of fused-ring (bicyclic) bond motifs is 1. The van der Waals surface area contributed by atoms with Gasteiger partial charge in [0.1, 0.15) is 11.6 Å². The van der Waals surface area contributed by atoms with Crippen LogP contribution >= 0.6 is 0 Å². The van der Waals surface area contributed by atoms with E-state index in [0.717, 1.165) is 9.87 Å². The minimum Gasteiger partial charge on any atom is -0.338 e. The Balaban J connectivity index is 1.53. The largest absolute Gasteiger partial charge is 0.338 e. The third-order valence-corrected chi connectivity index (χ3v) is 6.55. The number of anilines is 1. The fourth-order valence-corrected chi connectivity index (χ4v) is 3.99. The first kappa shape index (κ1) is 20.7. The van der Waals surface area contributed by atoms with E-state index in [2.05, 4.69) is 15.3 Å². The number of nitrogens with zero attached hydrogens (tertiary/aromatic N) is 2. The summed E-state index contributed by atoms with van der Waals surface area (Å²) in [5.74, 6) is -0.189. The summed E-state index contributed by atoms with van der Waals surface area (Å²) in [7, 11) is -0.771. The van der Waals surface area contributed by atoms with Crippen molar-refractivity contribution in [2.24, 2.45) is 0 Å². The van der Waals surface area contributed by atoms with Gasteiger partial charge in [-0.15, -0.1) is 0 Å². The molecule has 9 heteroatoms. The first-order valence-electron chi connectivity index (χ1n) is 9.34. The maximum absolute atomic E-state index is 13.4. The highest BCUT2D eigenvalue weighted by Gasteiger charge is 2.19. The van der Waals surface area contributed by atoms with Crippen LogP contribution in [0.15, 0.2) is 71.6 Å². The number of carbonyl (C=O) groups is 1. The number of rotatable bonds is 5. The van der Waals surface area contributed by atoms with Gasteiger partial charge in [-0.1, -0.05) is 6.07 Å². The molecule has 0 spiro atoms. The number of halogens is 1. The Morgan fingerprint density at radius 3 is 2.48 bits per heavy atom. The lowest BCUT2D eigenvalue weighted by molar-refractivity contribution is 0.102. The van der Waals surface area contributed by atoms with Gasteiger partial charge >= 0.3 is 0 Å². The molecule has 3 aromatic carbocycles. The Hall–Kier alpha value is -3.56. The van der Waals surface area contributed by atoms with E-state index in [-0.39, 0.29) is 16.3 Å². The van der Waals surface area contributed by atoms with Gasteiger partial charge in [0.25, 0.3) is 5.91 Å².